The van der Waals surface area contributed by atoms with Crippen LogP contribution in [0.3, 0.4) is 0 Å². The molecule has 1 N–H and O–H groups in total. The fraction of sp³-hybridized carbons (Fsp3) is 0.556. The molecule has 0 aliphatic carbocycles. The van der Waals surface area contributed by atoms with Crippen molar-refractivity contribution in [3.63, 3.8) is 0 Å². The molecule has 2 aromatic rings. The summed E-state index contributed by atoms with van der Waals surface area (Å²) in [6.07, 6.45) is 15.1. The Morgan fingerprint density at radius 3 is 2.00 bits per heavy atom. The first-order chi connectivity index (χ1) is 16.0. The molecule has 5 nitrogen and oxygen atoms in total. The Morgan fingerprint density at radius 1 is 0.824 bits per heavy atom. The van der Waals surface area contributed by atoms with Crippen LogP contribution in [-0.2, 0) is 16.7 Å². The maximum Gasteiger partial charge on any atom is 1.00 e. The third kappa shape index (κ3) is 9.23. The van der Waals surface area contributed by atoms with Crippen molar-refractivity contribution in [3.05, 3.63) is 54.1 Å². The SMILES string of the molecule is CCCCCCCCCCCCCC1Nc2c(cccc2S(=O)(=O)[O-])N1Cc1ccccc1.[K+]. The van der Waals surface area contributed by atoms with Crippen LogP contribution < -0.4 is 61.6 Å². The van der Waals surface area contributed by atoms with E-state index in [0.29, 0.717) is 12.2 Å². The average molecular weight is 511 g/mol. The Balaban J connectivity index is 0.00000408. The summed E-state index contributed by atoms with van der Waals surface area (Å²) in [5.41, 5.74) is 2.41. The van der Waals surface area contributed by atoms with Crippen molar-refractivity contribution in [2.45, 2.75) is 102 Å². The van der Waals surface area contributed by atoms with Crippen molar-refractivity contribution in [2.75, 3.05) is 10.2 Å². The van der Waals surface area contributed by atoms with E-state index in [1.807, 2.05) is 24.3 Å². The van der Waals surface area contributed by atoms with Gasteiger partial charge >= 0.3 is 51.4 Å². The monoisotopic (exact) mass is 510 g/mol. The van der Waals surface area contributed by atoms with E-state index >= 15 is 0 Å². The van der Waals surface area contributed by atoms with E-state index in [1.165, 1.54) is 70.3 Å². The zero-order chi connectivity index (χ0) is 23.5. The molecule has 0 spiro atoms. The van der Waals surface area contributed by atoms with Crippen LogP contribution in [0, 0.1) is 0 Å². The largest absolute Gasteiger partial charge is 1.00 e. The van der Waals surface area contributed by atoms with Gasteiger partial charge < -0.3 is 14.8 Å². The number of benzene rings is 2. The van der Waals surface area contributed by atoms with E-state index in [4.69, 9.17) is 0 Å². The predicted molar refractivity (Wildman–Crippen MR) is 136 cm³/mol. The molecule has 1 unspecified atom stereocenters. The molecule has 3 rings (SSSR count). The van der Waals surface area contributed by atoms with Gasteiger partial charge in [-0.2, -0.15) is 0 Å². The summed E-state index contributed by atoms with van der Waals surface area (Å²) >= 11 is 0. The summed E-state index contributed by atoms with van der Waals surface area (Å²) < 4.78 is 35.4. The fourth-order valence-corrected chi connectivity index (χ4v) is 5.39. The second kappa shape index (κ2) is 15.6. The van der Waals surface area contributed by atoms with Gasteiger partial charge in [0.05, 0.1) is 22.4 Å². The molecule has 0 radical (unpaired) electrons. The maximum atomic E-state index is 11.8. The number of rotatable bonds is 15. The number of anilines is 2. The Kier molecular flexibility index (Phi) is 13.7. The van der Waals surface area contributed by atoms with Crippen LogP contribution in [0.25, 0.3) is 0 Å². The number of para-hydroxylation sites is 1. The molecule has 2 aromatic carbocycles. The molecule has 0 fully saturated rings. The van der Waals surface area contributed by atoms with Crippen molar-refractivity contribution >= 4 is 21.5 Å². The second-order valence-electron chi connectivity index (χ2n) is 9.20. The van der Waals surface area contributed by atoms with Crippen LogP contribution in [0.1, 0.15) is 89.5 Å². The van der Waals surface area contributed by atoms with Gasteiger partial charge in [-0.15, -0.1) is 0 Å². The molecule has 0 saturated carbocycles. The van der Waals surface area contributed by atoms with Crippen LogP contribution in [0.2, 0.25) is 0 Å². The van der Waals surface area contributed by atoms with Crippen molar-refractivity contribution in [1.82, 2.24) is 0 Å². The summed E-state index contributed by atoms with van der Waals surface area (Å²) in [4.78, 5) is 2.05. The quantitative estimate of drug-likeness (QED) is 0.222. The summed E-state index contributed by atoms with van der Waals surface area (Å²) in [6, 6.07) is 15.1. The van der Waals surface area contributed by atoms with Crippen molar-refractivity contribution < 1.29 is 64.4 Å². The van der Waals surface area contributed by atoms with Crippen molar-refractivity contribution in [3.8, 4) is 0 Å². The fourth-order valence-electron chi connectivity index (χ4n) is 4.73. The first kappa shape index (κ1) is 29.8. The molecule has 7 heteroatoms. The molecule has 1 heterocycles. The molecular weight excluding hydrogens is 471 g/mol. The van der Waals surface area contributed by atoms with Gasteiger partial charge in [-0.05, 0) is 30.5 Å². The molecule has 1 aliphatic heterocycles. The van der Waals surface area contributed by atoms with Gasteiger partial charge in [0.1, 0.15) is 10.1 Å². The van der Waals surface area contributed by atoms with E-state index in [0.717, 1.165) is 24.1 Å². The van der Waals surface area contributed by atoms with Crippen molar-refractivity contribution in [2.24, 2.45) is 0 Å². The molecule has 0 bridgehead atoms. The van der Waals surface area contributed by atoms with E-state index in [1.54, 1.807) is 6.07 Å². The summed E-state index contributed by atoms with van der Waals surface area (Å²) in [5.74, 6) is 0. The van der Waals surface area contributed by atoms with Gasteiger partial charge in [-0.1, -0.05) is 108 Å². The van der Waals surface area contributed by atoms with Gasteiger partial charge in [-0.3, -0.25) is 0 Å². The third-order valence-electron chi connectivity index (χ3n) is 6.55. The second-order valence-corrected chi connectivity index (χ2v) is 10.6. The summed E-state index contributed by atoms with van der Waals surface area (Å²) in [6.45, 7) is 2.93. The van der Waals surface area contributed by atoms with E-state index < -0.39 is 10.1 Å². The van der Waals surface area contributed by atoms with Gasteiger partial charge in [0.25, 0.3) is 0 Å². The Morgan fingerprint density at radius 2 is 1.41 bits per heavy atom. The number of hydrogen-bond acceptors (Lipinski definition) is 5. The Hall–Kier alpha value is -0.414. The number of hydrogen-bond donors (Lipinski definition) is 1. The van der Waals surface area contributed by atoms with Crippen LogP contribution in [0.5, 0.6) is 0 Å². The first-order valence-electron chi connectivity index (χ1n) is 12.7. The van der Waals surface area contributed by atoms with Gasteiger partial charge in [0.15, 0.2) is 0 Å². The van der Waals surface area contributed by atoms with Crippen LogP contribution >= 0.6 is 0 Å². The average Bonchev–Trinajstić information content (AvgIpc) is 3.14. The maximum absolute atomic E-state index is 11.8. The predicted octanol–water partition coefficient (Wildman–Crippen LogP) is 4.05. The van der Waals surface area contributed by atoms with Crippen LogP contribution in [0.4, 0.5) is 11.4 Å². The third-order valence-corrected chi connectivity index (χ3v) is 7.43. The first-order valence-corrected chi connectivity index (χ1v) is 14.1. The molecular formula is C27H39KN2O3S. The number of nitrogens with one attached hydrogen (secondary N) is 1. The van der Waals surface area contributed by atoms with E-state index in [2.05, 4.69) is 29.3 Å². The topological polar surface area (TPSA) is 72.5 Å². The normalized spacial score (nSPS) is 15.0. The minimum Gasteiger partial charge on any atom is -0.744 e. The minimum absolute atomic E-state index is 0. The molecule has 0 saturated heterocycles. The van der Waals surface area contributed by atoms with Gasteiger partial charge in [-0.25, -0.2) is 8.42 Å². The molecule has 0 amide bonds. The minimum atomic E-state index is -4.53. The number of nitrogens with zero attached hydrogens (tertiary/aromatic N) is 1. The van der Waals surface area contributed by atoms with Crippen LogP contribution in [-0.4, -0.2) is 19.1 Å². The van der Waals surface area contributed by atoms with Crippen molar-refractivity contribution in [1.29, 1.82) is 0 Å². The van der Waals surface area contributed by atoms with Gasteiger partial charge in [0, 0.05) is 6.54 Å². The zero-order valence-corrected chi connectivity index (χ0v) is 24.9. The Bertz CT molecular complexity index is 954. The van der Waals surface area contributed by atoms with E-state index in [-0.39, 0.29) is 62.4 Å². The van der Waals surface area contributed by atoms with Gasteiger partial charge in [0.2, 0.25) is 0 Å². The summed E-state index contributed by atoms with van der Waals surface area (Å²) in [5, 5.41) is 3.36. The zero-order valence-electron chi connectivity index (χ0n) is 21.0. The molecule has 1 aliphatic rings. The molecule has 0 aromatic heterocycles. The molecule has 34 heavy (non-hydrogen) atoms. The molecule has 182 valence electrons. The van der Waals surface area contributed by atoms with E-state index in [9.17, 15) is 13.0 Å². The smallest absolute Gasteiger partial charge is 0.744 e. The molecule has 1 atom stereocenters. The summed E-state index contributed by atoms with van der Waals surface area (Å²) in [7, 11) is -4.53. The standard InChI is InChI=1S/C27H40N2O3S.K/c1-2-3-4-5-6-7-8-9-10-11-15-21-26-28-27-24(19-16-20-25(27)33(30,31)32)29(26)22-23-17-13-12-14-18-23;/h12-14,16-20,26,28H,2-11,15,21-22H2,1H3,(H,30,31,32);/q;+1/p-1. The van der Waals surface area contributed by atoms with Crippen LogP contribution in [0.15, 0.2) is 53.4 Å². The Labute approximate surface area is 249 Å². The number of fused-ring (bicyclic) bond motifs is 1. The number of unbranched alkanes of at least 4 members (excludes halogenated alkanes) is 10.